The molecule has 0 fully saturated rings. The average Bonchev–Trinajstić information content (AvgIpc) is 2.16. The molecule has 0 unspecified atom stereocenters. The van der Waals surface area contributed by atoms with Crippen LogP contribution in [0.1, 0.15) is 31.4 Å². The highest BCUT2D eigenvalue weighted by Crippen LogP contribution is 2.34. The van der Waals surface area contributed by atoms with Crippen molar-refractivity contribution in [3.63, 3.8) is 0 Å². The van der Waals surface area contributed by atoms with Gasteiger partial charge < -0.3 is 5.11 Å². The van der Waals surface area contributed by atoms with Gasteiger partial charge in [0.2, 0.25) is 0 Å². The molecular weight excluding hydrogens is 198 g/mol. The van der Waals surface area contributed by atoms with E-state index in [1.807, 2.05) is 0 Å². The average molecular weight is 214 g/mol. The topological polar surface area (TPSA) is 20.2 Å². The first-order chi connectivity index (χ1) is 6.95. The molecule has 3 heteroatoms. The Kier molecular flexibility index (Phi) is 3.80. The molecule has 0 aliphatic heterocycles. The van der Waals surface area contributed by atoms with Crippen LogP contribution in [0.2, 0.25) is 0 Å². The maximum atomic E-state index is 13.6. The van der Waals surface area contributed by atoms with Crippen molar-refractivity contribution in [3.05, 3.63) is 35.4 Å². The van der Waals surface area contributed by atoms with E-state index < -0.39 is 5.92 Å². The number of rotatable bonds is 4. The summed E-state index contributed by atoms with van der Waals surface area (Å²) in [5.74, 6) is -2.82. The second kappa shape index (κ2) is 4.71. The highest BCUT2D eigenvalue weighted by atomic mass is 19.3. The summed E-state index contributed by atoms with van der Waals surface area (Å²) in [7, 11) is 0. The molecule has 0 bridgehead atoms. The highest BCUT2D eigenvalue weighted by molar-refractivity contribution is 5.25. The highest BCUT2D eigenvalue weighted by Gasteiger charge is 2.31. The molecule has 0 atom stereocenters. The number of hydrogen-bond donors (Lipinski definition) is 1. The van der Waals surface area contributed by atoms with Crippen LogP contribution in [0.3, 0.4) is 0 Å². The van der Waals surface area contributed by atoms with E-state index in [1.54, 1.807) is 13.8 Å². The fourth-order valence-corrected chi connectivity index (χ4v) is 1.48. The molecule has 1 N–H and O–H groups in total. The minimum atomic E-state index is -2.78. The summed E-state index contributed by atoms with van der Waals surface area (Å²) >= 11 is 0. The van der Waals surface area contributed by atoms with Crippen LogP contribution in [0.15, 0.2) is 24.3 Å². The van der Waals surface area contributed by atoms with E-state index in [-0.39, 0.29) is 24.5 Å². The maximum absolute atomic E-state index is 13.6. The Morgan fingerprint density at radius 3 is 2.13 bits per heavy atom. The van der Waals surface area contributed by atoms with Crippen LogP contribution < -0.4 is 0 Å². The first kappa shape index (κ1) is 12.1. The van der Waals surface area contributed by atoms with Gasteiger partial charge in [0, 0.05) is 12.0 Å². The molecule has 0 aromatic heterocycles. The number of benzene rings is 1. The molecule has 1 aromatic carbocycles. The summed E-state index contributed by atoms with van der Waals surface area (Å²) in [5.41, 5.74) is 0.674. The SMILES string of the molecule is CC(C)CC(F)(F)c1ccc(CO)cc1. The smallest absolute Gasteiger partial charge is 0.273 e. The van der Waals surface area contributed by atoms with Crippen LogP contribution in [-0.4, -0.2) is 5.11 Å². The lowest BCUT2D eigenvalue weighted by atomic mass is 9.98. The van der Waals surface area contributed by atoms with Crippen molar-refractivity contribution in [1.29, 1.82) is 0 Å². The zero-order chi connectivity index (χ0) is 11.5. The molecule has 0 heterocycles. The summed E-state index contributed by atoms with van der Waals surface area (Å²) in [5, 5.41) is 8.79. The van der Waals surface area contributed by atoms with Crippen molar-refractivity contribution >= 4 is 0 Å². The maximum Gasteiger partial charge on any atom is 0.273 e. The Balaban J connectivity index is 2.85. The van der Waals surface area contributed by atoms with Crippen molar-refractivity contribution in [1.82, 2.24) is 0 Å². The van der Waals surface area contributed by atoms with E-state index >= 15 is 0 Å². The van der Waals surface area contributed by atoms with Crippen LogP contribution in [-0.2, 0) is 12.5 Å². The van der Waals surface area contributed by atoms with Gasteiger partial charge in [0.25, 0.3) is 5.92 Å². The van der Waals surface area contributed by atoms with Gasteiger partial charge in [-0.2, -0.15) is 0 Å². The lowest BCUT2D eigenvalue weighted by Crippen LogP contribution is -2.16. The summed E-state index contributed by atoms with van der Waals surface area (Å²) in [6.07, 6.45) is -0.147. The lowest BCUT2D eigenvalue weighted by molar-refractivity contribution is -0.0249. The van der Waals surface area contributed by atoms with Gasteiger partial charge in [0.05, 0.1) is 6.61 Å². The molecule has 84 valence electrons. The lowest BCUT2D eigenvalue weighted by Gasteiger charge is -2.18. The normalized spacial score (nSPS) is 12.1. The van der Waals surface area contributed by atoms with Crippen molar-refractivity contribution in [2.75, 3.05) is 0 Å². The van der Waals surface area contributed by atoms with E-state index in [0.29, 0.717) is 5.56 Å². The molecular formula is C12H16F2O. The second-order valence-corrected chi connectivity index (χ2v) is 4.16. The standard InChI is InChI=1S/C12H16F2O/c1-9(2)7-12(13,14)11-5-3-10(8-15)4-6-11/h3-6,9,15H,7-8H2,1-2H3. The molecule has 1 nitrogen and oxygen atoms in total. The zero-order valence-corrected chi connectivity index (χ0v) is 9.00. The fraction of sp³-hybridized carbons (Fsp3) is 0.500. The van der Waals surface area contributed by atoms with Crippen LogP contribution >= 0.6 is 0 Å². The Hall–Kier alpha value is -0.960. The molecule has 0 saturated carbocycles. The predicted molar refractivity (Wildman–Crippen MR) is 55.7 cm³/mol. The zero-order valence-electron chi connectivity index (χ0n) is 9.00. The van der Waals surface area contributed by atoms with Crippen molar-refractivity contribution in [2.24, 2.45) is 5.92 Å². The Morgan fingerprint density at radius 2 is 1.73 bits per heavy atom. The molecule has 15 heavy (non-hydrogen) atoms. The molecule has 0 radical (unpaired) electrons. The Labute approximate surface area is 88.7 Å². The first-order valence-corrected chi connectivity index (χ1v) is 5.04. The van der Waals surface area contributed by atoms with E-state index in [0.717, 1.165) is 0 Å². The summed E-state index contributed by atoms with van der Waals surface area (Å²) in [6, 6.07) is 5.83. The molecule has 0 amide bonds. The first-order valence-electron chi connectivity index (χ1n) is 5.04. The summed E-state index contributed by atoms with van der Waals surface area (Å²) in [4.78, 5) is 0. The Bertz CT molecular complexity index is 304. The van der Waals surface area contributed by atoms with Gasteiger partial charge in [-0.3, -0.25) is 0 Å². The van der Waals surface area contributed by atoms with Crippen LogP contribution in [0.4, 0.5) is 8.78 Å². The monoisotopic (exact) mass is 214 g/mol. The largest absolute Gasteiger partial charge is 0.392 e. The third kappa shape index (κ3) is 3.27. The molecule has 0 aliphatic carbocycles. The molecule has 1 aromatic rings. The number of alkyl halides is 2. The van der Waals surface area contributed by atoms with Gasteiger partial charge in [-0.05, 0) is 11.5 Å². The van der Waals surface area contributed by atoms with Gasteiger partial charge in [0.15, 0.2) is 0 Å². The molecule has 0 spiro atoms. The fourth-order valence-electron chi connectivity index (χ4n) is 1.48. The van der Waals surface area contributed by atoms with Crippen LogP contribution in [0.25, 0.3) is 0 Å². The van der Waals surface area contributed by atoms with Crippen LogP contribution in [0, 0.1) is 5.92 Å². The number of aliphatic hydroxyl groups excluding tert-OH is 1. The van der Waals surface area contributed by atoms with Gasteiger partial charge in [-0.25, -0.2) is 8.78 Å². The third-order valence-electron chi connectivity index (χ3n) is 2.22. The van der Waals surface area contributed by atoms with Crippen LogP contribution in [0.5, 0.6) is 0 Å². The molecule has 1 rings (SSSR count). The Morgan fingerprint density at radius 1 is 1.20 bits per heavy atom. The van der Waals surface area contributed by atoms with E-state index in [4.69, 9.17) is 5.11 Å². The van der Waals surface area contributed by atoms with E-state index in [2.05, 4.69) is 0 Å². The number of aliphatic hydroxyl groups is 1. The quantitative estimate of drug-likeness (QED) is 0.815. The van der Waals surface area contributed by atoms with Crippen molar-refractivity contribution in [3.8, 4) is 0 Å². The van der Waals surface area contributed by atoms with Gasteiger partial charge in [-0.1, -0.05) is 38.1 Å². The predicted octanol–water partition coefficient (Wildman–Crippen LogP) is 3.32. The molecule has 0 aliphatic rings. The van der Waals surface area contributed by atoms with Gasteiger partial charge in [0.1, 0.15) is 0 Å². The second-order valence-electron chi connectivity index (χ2n) is 4.16. The number of hydrogen-bond acceptors (Lipinski definition) is 1. The van der Waals surface area contributed by atoms with Gasteiger partial charge in [-0.15, -0.1) is 0 Å². The van der Waals surface area contributed by atoms with Crippen molar-refractivity contribution < 1.29 is 13.9 Å². The minimum Gasteiger partial charge on any atom is -0.392 e. The minimum absolute atomic E-state index is 0.0217. The summed E-state index contributed by atoms with van der Waals surface area (Å²) < 4.78 is 27.2. The van der Waals surface area contributed by atoms with Crippen molar-refractivity contribution in [2.45, 2.75) is 32.8 Å². The van der Waals surface area contributed by atoms with E-state index in [9.17, 15) is 8.78 Å². The third-order valence-corrected chi connectivity index (χ3v) is 2.22. The van der Waals surface area contributed by atoms with E-state index in [1.165, 1.54) is 24.3 Å². The van der Waals surface area contributed by atoms with Gasteiger partial charge >= 0.3 is 0 Å². The molecule has 0 saturated heterocycles. The summed E-state index contributed by atoms with van der Waals surface area (Å²) in [6.45, 7) is 3.43. The number of halogens is 2.